The van der Waals surface area contributed by atoms with Crippen molar-refractivity contribution in [2.45, 2.75) is 39.2 Å². The molecule has 1 N–H and O–H groups in total. The summed E-state index contributed by atoms with van der Waals surface area (Å²) in [5, 5.41) is 11.5. The molecule has 8 heteroatoms. The van der Waals surface area contributed by atoms with Crippen molar-refractivity contribution in [1.29, 1.82) is 5.26 Å². The van der Waals surface area contributed by atoms with E-state index in [1.807, 2.05) is 31.7 Å². The van der Waals surface area contributed by atoms with Gasteiger partial charge < -0.3 is 15.0 Å². The van der Waals surface area contributed by atoms with E-state index in [2.05, 4.69) is 10.3 Å². The normalized spacial score (nSPS) is 17.7. The third-order valence-electron chi connectivity index (χ3n) is 4.33. The summed E-state index contributed by atoms with van der Waals surface area (Å²) in [6.45, 7) is 9.65. The van der Waals surface area contributed by atoms with Crippen molar-refractivity contribution in [3.63, 3.8) is 0 Å². The highest BCUT2D eigenvalue weighted by atomic mass is 35.5. The molecule has 0 saturated carbocycles. The molecule has 0 aliphatic carbocycles. The number of halogens is 2. The number of amides is 1. The Hall–Kier alpha value is -1.91. The highest BCUT2D eigenvalue weighted by Gasteiger charge is 2.41. The number of pyridine rings is 1. The van der Waals surface area contributed by atoms with E-state index in [1.165, 1.54) is 12.3 Å². The summed E-state index contributed by atoms with van der Waals surface area (Å²) < 4.78 is 17.4. The van der Waals surface area contributed by atoms with Gasteiger partial charge in [-0.25, -0.2) is 9.78 Å². The number of nitrogens with zero attached hydrogens (tertiary/aromatic N) is 3. The van der Waals surface area contributed by atoms with Crippen molar-refractivity contribution >= 4 is 18.5 Å². The zero-order chi connectivity index (χ0) is 18.5. The summed E-state index contributed by atoms with van der Waals surface area (Å²) in [7, 11) is 0. The zero-order valence-electron chi connectivity index (χ0n) is 15.4. The lowest BCUT2D eigenvalue weighted by molar-refractivity contribution is 0.00150. The molecular formula is C18H26ClFN4O2. The Balaban J connectivity index is 0.000000290. The second kappa shape index (κ2) is 9.15. The van der Waals surface area contributed by atoms with Crippen LogP contribution in [0.2, 0.25) is 0 Å². The van der Waals surface area contributed by atoms with Gasteiger partial charge in [-0.15, -0.1) is 12.4 Å². The first kappa shape index (κ1) is 22.1. The van der Waals surface area contributed by atoms with E-state index in [0.29, 0.717) is 11.0 Å². The Kier molecular flexibility index (Phi) is 7.79. The van der Waals surface area contributed by atoms with Crippen LogP contribution < -0.4 is 5.32 Å². The summed E-state index contributed by atoms with van der Waals surface area (Å²) in [5.41, 5.74) is 0.472. The van der Waals surface area contributed by atoms with Crippen LogP contribution in [-0.2, 0) is 4.74 Å². The number of nitrogens with one attached hydrogen (secondary N) is 1. The van der Waals surface area contributed by atoms with Crippen molar-refractivity contribution in [2.24, 2.45) is 5.41 Å². The number of nitriles is 1. The number of hydrogen-bond donors (Lipinski definition) is 1. The average Bonchev–Trinajstić information content (AvgIpc) is 2.53. The van der Waals surface area contributed by atoms with Crippen LogP contribution in [0.4, 0.5) is 9.18 Å². The van der Waals surface area contributed by atoms with Crippen LogP contribution >= 0.6 is 12.4 Å². The molecule has 0 radical (unpaired) electrons. The van der Waals surface area contributed by atoms with Crippen molar-refractivity contribution in [3.05, 3.63) is 29.8 Å². The Morgan fingerprint density at radius 3 is 2.35 bits per heavy atom. The third kappa shape index (κ3) is 6.43. The molecule has 0 bridgehead atoms. The highest BCUT2D eigenvalue weighted by molar-refractivity contribution is 5.85. The minimum atomic E-state index is -0.561. The van der Waals surface area contributed by atoms with E-state index in [4.69, 9.17) is 10.00 Å². The van der Waals surface area contributed by atoms with E-state index < -0.39 is 5.95 Å². The van der Waals surface area contributed by atoms with E-state index in [0.717, 1.165) is 45.1 Å². The van der Waals surface area contributed by atoms with Gasteiger partial charge in [0.25, 0.3) is 0 Å². The van der Waals surface area contributed by atoms with Crippen molar-refractivity contribution in [3.8, 4) is 6.07 Å². The van der Waals surface area contributed by atoms with Gasteiger partial charge in [-0.3, -0.25) is 0 Å². The van der Waals surface area contributed by atoms with Crippen molar-refractivity contribution in [1.82, 2.24) is 15.2 Å². The smallest absolute Gasteiger partial charge is 0.410 e. The molecule has 0 unspecified atom stereocenters. The fourth-order valence-electron chi connectivity index (χ4n) is 2.76. The number of carbonyl (C=O) groups excluding carboxylic acids is 1. The molecule has 2 fully saturated rings. The summed E-state index contributed by atoms with van der Waals surface area (Å²) in [6, 6.07) is 4.35. The summed E-state index contributed by atoms with van der Waals surface area (Å²) in [4.78, 5) is 16.9. The molecule has 6 nitrogen and oxygen atoms in total. The molecule has 1 amide bonds. The number of aromatic nitrogens is 1. The molecule has 26 heavy (non-hydrogen) atoms. The maximum atomic E-state index is 12.0. The van der Waals surface area contributed by atoms with E-state index in [9.17, 15) is 9.18 Å². The van der Waals surface area contributed by atoms with Gasteiger partial charge in [-0.2, -0.15) is 9.65 Å². The van der Waals surface area contributed by atoms with Gasteiger partial charge in [0.15, 0.2) is 0 Å². The fourth-order valence-corrected chi connectivity index (χ4v) is 2.76. The van der Waals surface area contributed by atoms with Crippen molar-refractivity contribution in [2.75, 3.05) is 26.2 Å². The van der Waals surface area contributed by atoms with Gasteiger partial charge in [0.05, 0.1) is 5.56 Å². The lowest BCUT2D eigenvalue weighted by atomic mass is 9.73. The van der Waals surface area contributed by atoms with E-state index in [-0.39, 0.29) is 24.1 Å². The molecule has 2 aliphatic rings. The number of piperidine rings is 1. The summed E-state index contributed by atoms with van der Waals surface area (Å²) in [6.07, 6.45) is 3.25. The van der Waals surface area contributed by atoms with Crippen LogP contribution in [0.15, 0.2) is 18.3 Å². The minimum Gasteiger partial charge on any atom is -0.444 e. The Morgan fingerprint density at radius 1 is 1.35 bits per heavy atom. The van der Waals surface area contributed by atoms with Crippen LogP contribution in [0.5, 0.6) is 0 Å². The topological polar surface area (TPSA) is 78.2 Å². The first-order valence-electron chi connectivity index (χ1n) is 8.43. The average molecular weight is 385 g/mol. The maximum absolute atomic E-state index is 12.0. The monoisotopic (exact) mass is 384 g/mol. The van der Waals surface area contributed by atoms with E-state index in [1.54, 1.807) is 0 Å². The molecule has 3 heterocycles. The van der Waals surface area contributed by atoms with Gasteiger partial charge in [-0.1, -0.05) is 0 Å². The van der Waals surface area contributed by atoms with Crippen LogP contribution in [0.1, 0.15) is 39.2 Å². The number of ether oxygens (including phenoxy) is 1. The number of rotatable bonds is 0. The number of hydrogen-bond acceptors (Lipinski definition) is 5. The van der Waals surface area contributed by atoms with E-state index >= 15 is 0 Å². The molecule has 2 aliphatic heterocycles. The zero-order valence-corrected chi connectivity index (χ0v) is 16.2. The standard InChI is InChI=1S/C12H22N2O2.C6H3FN2.ClH/c1-11(2,3)16-10(15)14-6-4-12(5-7-14)8-13-9-12;7-6-2-1-5(3-8)4-9-6;/h13H,4-9H2,1-3H3;1-2,4H;1H. The number of likely N-dealkylation sites (tertiary alicyclic amines) is 1. The molecule has 0 atom stereocenters. The first-order chi connectivity index (χ1) is 11.7. The molecule has 1 aromatic rings. The molecular weight excluding hydrogens is 359 g/mol. The van der Waals surface area contributed by atoms with Crippen LogP contribution in [0.25, 0.3) is 0 Å². The predicted octanol–water partition coefficient (Wildman–Crippen LogP) is 3.12. The molecule has 144 valence electrons. The quantitative estimate of drug-likeness (QED) is 0.695. The molecule has 1 spiro atoms. The first-order valence-corrected chi connectivity index (χ1v) is 8.43. The number of carbonyl (C=O) groups is 1. The van der Waals surface area contributed by atoms with Crippen LogP contribution in [0, 0.1) is 22.7 Å². The molecule has 0 aromatic carbocycles. The lowest BCUT2D eigenvalue weighted by Gasteiger charge is -2.48. The summed E-state index contributed by atoms with van der Waals surface area (Å²) in [5.74, 6) is -0.561. The maximum Gasteiger partial charge on any atom is 0.410 e. The van der Waals surface area contributed by atoms with Crippen molar-refractivity contribution < 1.29 is 13.9 Å². The second-order valence-electron chi connectivity index (χ2n) is 7.55. The van der Waals surface area contributed by atoms with Crippen LogP contribution in [0.3, 0.4) is 0 Å². The van der Waals surface area contributed by atoms with Gasteiger partial charge >= 0.3 is 6.09 Å². The van der Waals surface area contributed by atoms with Crippen LogP contribution in [-0.4, -0.2) is 47.8 Å². The Morgan fingerprint density at radius 2 is 1.96 bits per heavy atom. The highest BCUT2D eigenvalue weighted by Crippen LogP contribution is 2.35. The van der Waals surface area contributed by atoms with Gasteiger partial charge in [0, 0.05) is 32.4 Å². The summed E-state index contributed by atoms with van der Waals surface area (Å²) >= 11 is 0. The minimum absolute atomic E-state index is 0. The van der Waals surface area contributed by atoms with Gasteiger partial charge in [-0.05, 0) is 51.2 Å². The Bertz CT molecular complexity index is 626. The predicted molar refractivity (Wildman–Crippen MR) is 98.5 cm³/mol. The van der Waals surface area contributed by atoms with Gasteiger partial charge in [0.1, 0.15) is 11.7 Å². The molecule has 1 aromatic heterocycles. The fraction of sp³-hybridized carbons (Fsp3) is 0.611. The second-order valence-corrected chi connectivity index (χ2v) is 7.55. The largest absolute Gasteiger partial charge is 0.444 e. The molecule has 3 rings (SSSR count). The SMILES string of the molecule is CC(C)(C)OC(=O)N1CCC2(CC1)CNC2.Cl.N#Cc1ccc(F)nc1. The molecule has 2 saturated heterocycles. The lowest BCUT2D eigenvalue weighted by Crippen LogP contribution is -2.59. The Labute approximate surface area is 160 Å². The van der Waals surface area contributed by atoms with Gasteiger partial charge in [0.2, 0.25) is 5.95 Å². The third-order valence-corrected chi connectivity index (χ3v) is 4.33.